The molecule has 0 amide bonds. The first-order valence-corrected chi connectivity index (χ1v) is 6.89. The first-order valence-electron chi connectivity index (χ1n) is 6.10. The number of fused-ring (bicyclic) bond motifs is 2. The lowest BCUT2D eigenvalue weighted by molar-refractivity contribution is 0.361. The van der Waals surface area contributed by atoms with E-state index in [1.54, 1.807) is 30.3 Å². The Morgan fingerprint density at radius 2 is 2.00 bits per heavy atom. The van der Waals surface area contributed by atoms with E-state index in [0.29, 0.717) is 38.8 Å². The van der Waals surface area contributed by atoms with Crippen LogP contribution in [0.1, 0.15) is 0 Å². The lowest BCUT2D eigenvalue weighted by Crippen LogP contribution is -2.03. The van der Waals surface area contributed by atoms with Gasteiger partial charge in [0, 0.05) is 0 Å². The molecule has 0 aliphatic heterocycles. The van der Waals surface area contributed by atoms with Crippen LogP contribution in [0.5, 0.6) is 5.75 Å². The predicted octanol–water partition coefficient (Wildman–Crippen LogP) is 4.27. The van der Waals surface area contributed by atoms with Crippen molar-refractivity contribution in [2.45, 2.75) is 0 Å². The van der Waals surface area contributed by atoms with Gasteiger partial charge in [-0.2, -0.15) is 0 Å². The van der Waals surface area contributed by atoms with Gasteiger partial charge in [0.25, 0.3) is 0 Å². The highest BCUT2D eigenvalue weighted by atomic mass is 79.9. The second-order valence-electron chi connectivity index (χ2n) is 4.28. The highest BCUT2D eigenvalue weighted by Gasteiger charge is 2.13. The van der Waals surface area contributed by atoms with Gasteiger partial charge in [0.1, 0.15) is 22.4 Å². The van der Waals surface area contributed by atoms with E-state index in [9.17, 15) is 4.79 Å². The van der Waals surface area contributed by atoms with Gasteiger partial charge in [-0.25, -0.2) is 0 Å². The molecular weight excluding hydrogens is 320 g/mol. The number of halogens is 1. The Balaban J connectivity index is 2.34. The van der Waals surface area contributed by atoms with Crippen LogP contribution in [0.15, 0.2) is 62.7 Å². The summed E-state index contributed by atoms with van der Waals surface area (Å²) in [6, 6.07) is 10.7. The number of hydrogen-bond donors (Lipinski definition) is 0. The molecule has 0 bridgehead atoms. The Kier molecular flexibility index (Phi) is 3.32. The van der Waals surface area contributed by atoms with Crippen molar-refractivity contribution in [3.05, 3.63) is 63.7 Å². The molecule has 4 heteroatoms. The quantitative estimate of drug-likeness (QED) is 0.531. The molecule has 0 aliphatic rings. The van der Waals surface area contributed by atoms with E-state index in [4.69, 9.17) is 9.15 Å². The average molecular weight is 331 g/mol. The summed E-state index contributed by atoms with van der Waals surface area (Å²) in [5, 5.41) is 1.10. The van der Waals surface area contributed by atoms with Gasteiger partial charge >= 0.3 is 0 Å². The van der Waals surface area contributed by atoms with Crippen LogP contribution in [0.25, 0.3) is 21.9 Å². The van der Waals surface area contributed by atoms with Crippen molar-refractivity contribution in [2.24, 2.45) is 0 Å². The van der Waals surface area contributed by atoms with E-state index in [-0.39, 0.29) is 5.43 Å². The molecule has 3 aromatic rings. The van der Waals surface area contributed by atoms with Crippen molar-refractivity contribution in [3.63, 3.8) is 0 Å². The highest BCUT2D eigenvalue weighted by molar-refractivity contribution is 9.10. The SMILES string of the molecule is C=CCOc1ccc2c(=O)c3ccccc3oc2c1Br. The normalized spacial score (nSPS) is 10.8. The molecule has 0 saturated carbocycles. The number of para-hydroxylation sites is 1. The molecule has 3 nitrogen and oxygen atoms in total. The van der Waals surface area contributed by atoms with Gasteiger partial charge in [0.15, 0.2) is 5.58 Å². The first kappa shape index (κ1) is 12.9. The topological polar surface area (TPSA) is 39.4 Å². The average Bonchev–Trinajstić information content (AvgIpc) is 2.48. The zero-order valence-corrected chi connectivity index (χ0v) is 12.1. The van der Waals surface area contributed by atoms with Crippen molar-refractivity contribution in [1.82, 2.24) is 0 Å². The van der Waals surface area contributed by atoms with Crippen LogP contribution in [0, 0.1) is 0 Å². The Bertz CT molecular complexity index is 865. The van der Waals surface area contributed by atoms with E-state index < -0.39 is 0 Å². The van der Waals surface area contributed by atoms with Crippen LogP contribution in [0.3, 0.4) is 0 Å². The van der Waals surface area contributed by atoms with Crippen LogP contribution in [0.4, 0.5) is 0 Å². The van der Waals surface area contributed by atoms with Crippen LogP contribution in [-0.2, 0) is 0 Å². The summed E-state index contributed by atoms with van der Waals surface area (Å²) in [5.41, 5.74) is 1.01. The molecule has 1 heterocycles. The maximum Gasteiger partial charge on any atom is 0.200 e. The van der Waals surface area contributed by atoms with Gasteiger partial charge in [-0.1, -0.05) is 24.8 Å². The monoisotopic (exact) mass is 330 g/mol. The second kappa shape index (κ2) is 5.13. The van der Waals surface area contributed by atoms with Crippen molar-refractivity contribution in [1.29, 1.82) is 0 Å². The van der Waals surface area contributed by atoms with Gasteiger partial charge in [0.05, 0.1) is 10.8 Å². The summed E-state index contributed by atoms with van der Waals surface area (Å²) < 4.78 is 12.0. The molecule has 0 unspecified atom stereocenters. The molecule has 1 aromatic heterocycles. The van der Waals surface area contributed by atoms with Crippen molar-refractivity contribution in [2.75, 3.05) is 6.61 Å². The van der Waals surface area contributed by atoms with Gasteiger partial charge in [-0.3, -0.25) is 4.79 Å². The minimum absolute atomic E-state index is 0.0437. The standard InChI is InChI=1S/C16H11BrO3/c1-2-9-19-13-8-7-11-15(18)10-5-3-4-6-12(10)20-16(11)14(13)17/h2-8H,1,9H2. The van der Waals surface area contributed by atoms with E-state index in [0.717, 1.165) is 0 Å². The first-order chi connectivity index (χ1) is 9.72. The number of rotatable bonds is 3. The van der Waals surface area contributed by atoms with Crippen LogP contribution in [0.2, 0.25) is 0 Å². The van der Waals surface area contributed by atoms with E-state index >= 15 is 0 Å². The third kappa shape index (κ3) is 2.02. The number of ether oxygens (including phenoxy) is 1. The van der Waals surface area contributed by atoms with Crippen molar-refractivity contribution < 1.29 is 9.15 Å². The van der Waals surface area contributed by atoms with Gasteiger partial charge in [-0.05, 0) is 40.2 Å². The van der Waals surface area contributed by atoms with E-state index in [1.165, 1.54) is 0 Å². The zero-order chi connectivity index (χ0) is 14.1. The van der Waals surface area contributed by atoms with Crippen LogP contribution < -0.4 is 10.2 Å². The zero-order valence-electron chi connectivity index (χ0n) is 10.6. The van der Waals surface area contributed by atoms with Gasteiger partial charge in [0.2, 0.25) is 5.43 Å². The maximum absolute atomic E-state index is 12.4. The lowest BCUT2D eigenvalue weighted by atomic mass is 10.1. The molecule has 100 valence electrons. The summed E-state index contributed by atoms with van der Waals surface area (Å²) in [4.78, 5) is 12.4. The predicted molar refractivity (Wildman–Crippen MR) is 83.4 cm³/mol. The molecular formula is C16H11BrO3. The summed E-state index contributed by atoms with van der Waals surface area (Å²) in [7, 11) is 0. The Morgan fingerprint density at radius 3 is 2.80 bits per heavy atom. The molecule has 0 radical (unpaired) electrons. The minimum atomic E-state index is -0.0437. The second-order valence-corrected chi connectivity index (χ2v) is 5.07. The molecule has 3 rings (SSSR count). The number of hydrogen-bond acceptors (Lipinski definition) is 3. The Morgan fingerprint density at radius 1 is 1.20 bits per heavy atom. The molecule has 0 spiro atoms. The molecule has 0 atom stereocenters. The van der Waals surface area contributed by atoms with Crippen molar-refractivity contribution in [3.8, 4) is 5.75 Å². The van der Waals surface area contributed by atoms with Crippen molar-refractivity contribution >= 4 is 37.9 Å². The minimum Gasteiger partial charge on any atom is -0.488 e. The fraction of sp³-hybridized carbons (Fsp3) is 0.0625. The van der Waals surface area contributed by atoms with Crippen LogP contribution >= 0.6 is 15.9 Å². The highest BCUT2D eigenvalue weighted by Crippen LogP contribution is 2.33. The molecule has 2 aromatic carbocycles. The third-order valence-electron chi connectivity index (χ3n) is 3.01. The number of benzene rings is 2. The Labute approximate surface area is 123 Å². The molecule has 20 heavy (non-hydrogen) atoms. The fourth-order valence-electron chi connectivity index (χ4n) is 2.08. The van der Waals surface area contributed by atoms with Gasteiger partial charge < -0.3 is 9.15 Å². The smallest absolute Gasteiger partial charge is 0.200 e. The van der Waals surface area contributed by atoms with E-state index in [1.807, 2.05) is 12.1 Å². The van der Waals surface area contributed by atoms with Gasteiger partial charge in [-0.15, -0.1) is 0 Å². The fourth-order valence-corrected chi connectivity index (χ4v) is 2.62. The Hall–Kier alpha value is -2.07. The molecule has 0 fully saturated rings. The lowest BCUT2D eigenvalue weighted by Gasteiger charge is -2.08. The maximum atomic E-state index is 12.4. The molecule has 0 aliphatic carbocycles. The molecule has 0 N–H and O–H groups in total. The van der Waals surface area contributed by atoms with Crippen LogP contribution in [-0.4, -0.2) is 6.61 Å². The summed E-state index contributed by atoms with van der Waals surface area (Å²) >= 11 is 3.44. The summed E-state index contributed by atoms with van der Waals surface area (Å²) in [5.74, 6) is 0.621. The molecule has 0 saturated heterocycles. The largest absolute Gasteiger partial charge is 0.488 e. The summed E-state index contributed by atoms with van der Waals surface area (Å²) in [6.07, 6.45) is 1.66. The third-order valence-corrected chi connectivity index (χ3v) is 3.76. The summed E-state index contributed by atoms with van der Waals surface area (Å²) in [6.45, 7) is 4.00. The van der Waals surface area contributed by atoms with E-state index in [2.05, 4.69) is 22.5 Å².